The summed E-state index contributed by atoms with van der Waals surface area (Å²) < 4.78 is 6.85. The van der Waals surface area contributed by atoms with Gasteiger partial charge in [-0.05, 0) is 32.9 Å². The van der Waals surface area contributed by atoms with Crippen molar-refractivity contribution in [3.8, 4) is 5.88 Å². The fraction of sp³-hybridized carbons (Fsp3) is 0.700. The summed E-state index contributed by atoms with van der Waals surface area (Å²) in [5, 5.41) is 18.3. The maximum Gasteiger partial charge on any atom is 0.350 e. The Morgan fingerprint density at radius 3 is 2.94 bits per heavy atom. The average Bonchev–Trinajstić information content (AvgIpc) is 2.75. The molecule has 17 heavy (non-hydrogen) atoms. The second kappa shape index (κ2) is 5.13. The third-order valence-electron chi connectivity index (χ3n) is 2.84. The topological polar surface area (TPSA) is 82.2 Å². The van der Waals surface area contributed by atoms with E-state index in [1.54, 1.807) is 11.6 Å². The van der Waals surface area contributed by atoms with E-state index in [4.69, 9.17) is 4.74 Å². The lowest BCUT2D eigenvalue weighted by atomic mass is 10.1. The predicted octanol–water partition coefficient (Wildman–Crippen LogP) is 1.11. The molecule has 1 N–H and O–H groups in total. The van der Waals surface area contributed by atoms with Crippen LogP contribution in [-0.2, 0) is 0 Å². The Morgan fingerprint density at radius 2 is 2.35 bits per heavy atom. The Balaban J connectivity index is 2.22. The van der Waals surface area contributed by atoms with Gasteiger partial charge in [0.05, 0.1) is 17.6 Å². The first-order chi connectivity index (χ1) is 8.22. The van der Waals surface area contributed by atoms with E-state index >= 15 is 0 Å². The monoisotopic (exact) mass is 240 g/mol. The van der Waals surface area contributed by atoms with Gasteiger partial charge in [0, 0.05) is 0 Å². The minimum atomic E-state index is -0.449. The molecule has 94 valence electrons. The van der Waals surface area contributed by atoms with Gasteiger partial charge in [-0.2, -0.15) is 0 Å². The molecule has 2 heterocycles. The van der Waals surface area contributed by atoms with Crippen LogP contribution in [0.4, 0.5) is 5.69 Å². The van der Waals surface area contributed by atoms with Crippen LogP contribution in [-0.4, -0.2) is 34.4 Å². The number of piperidine rings is 1. The molecule has 0 amide bonds. The molecule has 1 aliphatic rings. The predicted molar refractivity (Wildman–Crippen MR) is 61.2 cm³/mol. The maximum absolute atomic E-state index is 10.9. The number of nitro groups is 1. The number of rotatable bonds is 4. The van der Waals surface area contributed by atoms with Crippen LogP contribution < -0.4 is 10.1 Å². The van der Waals surface area contributed by atoms with Crippen molar-refractivity contribution in [1.82, 2.24) is 15.1 Å². The zero-order chi connectivity index (χ0) is 12.3. The van der Waals surface area contributed by atoms with Crippen LogP contribution in [0.15, 0.2) is 6.20 Å². The summed E-state index contributed by atoms with van der Waals surface area (Å²) in [6, 6.07) is 0.226. The van der Waals surface area contributed by atoms with Crippen LogP contribution in [0, 0.1) is 10.1 Å². The molecular weight excluding hydrogens is 224 g/mol. The summed E-state index contributed by atoms with van der Waals surface area (Å²) in [5.74, 6) is 0.121. The molecule has 0 aromatic carbocycles. The van der Waals surface area contributed by atoms with Gasteiger partial charge in [-0.3, -0.25) is 14.8 Å². The van der Waals surface area contributed by atoms with E-state index in [1.165, 1.54) is 6.20 Å². The van der Waals surface area contributed by atoms with Gasteiger partial charge in [0.2, 0.25) is 0 Å². The van der Waals surface area contributed by atoms with E-state index in [-0.39, 0.29) is 17.6 Å². The second-order valence-electron chi connectivity index (χ2n) is 3.97. The average molecular weight is 240 g/mol. The van der Waals surface area contributed by atoms with Crippen LogP contribution in [0.1, 0.15) is 25.8 Å². The molecule has 0 unspecified atom stereocenters. The lowest BCUT2D eigenvalue weighted by molar-refractivity contribution is -0.386. The first-order valence-corrected chi connectivity index (χ1v) is 5.79. The van der Waals surface area contributed by atoms with Crippen LogP contribution in [0.2, 0.25) is 0 Å². The van der Waals surface area contributed by atoms with E-state index in [0.29, 0.717) is 6.61 Å². The van der Waals surface area contributed by atoms with Crippen molar-refractivity contribution in [3.05, 3.63) is 16.3 Å². The Labute approximate surface area is 98.9 Å². The lowest BCUT2D eigenvalue weighted by Crippen LogP contribution is -2.29. The minimum absolute atomic E-state index is 0.0506. The molecule has 0 bridgehead atoms. The molecule has 0 aliphatic carbocycles. The lowest BCUT2D eigenvalue weighted by Gasteiger charge is -2.22. The van der Waals surface area contributed by atoms with E-state index in [9.17, 15) is 10.1 Å². The molecule has 2 rings (SSSR count). The van der Waals surface area contributed by atoms with Crippen molar-refractivity contribution < 1.29 is 9.66 Å². The van der Waals surface area contributed by atoms with Crippen LogP contribution in [0.25, 0.3) is 0 Å². The standard InChI is InChI=1S/C10H16N4O3/c1-2-17-10-9(14(15)16)7-13(12-10)8-3-5-11-6-4-8/h7-8,11H,2-6H2,1H3. The molecule has 0 spiro atoms. The number of hydrogen-bond donors (Lipinski definition) is 1. The molecule has 0 saturated carbocycles. The number of hydrogen-bond acceptors (Lipinski definition) is 5. The normalized spacial score (nSPS) is 17.0. The molecule has 7 heteroatoms. The highest BCUT2D eigenvalue weighted by atomic mass is 16.6. The zero-order valence-corrected chi connectivity index (χ0v) is 9.76. The van der Waals surface area contributed by atoms with Gasteiger partial charge in [0.25, 0.3) is 0 Å². The van der Waals surface area contributed by atoms with E-state index in [0.717, 1.165) is 25.9 Å². The van der Waals surface area contributed by atoms with E-state index in [1.807, 2.05) is 0 Å². The number of aromatic nitrogens is 2. The van der Waals surface area contributed by atoms with Crippen molar-refractivity contribution in [2.45, 2.75) is 25.8 Å². The first kappa shape index (κ1) is 11.8. The Kier molecular flexibility index (Phi) is 3.58. The summed E-state index contributed by atoms with van der Waals surface area (Å²) in [5.41, 5.74) is -0.0506. The molecule has 0 atom stereocenters. The second-order valence-corrected chi connectivity index (χ2v) is 3.97. The van der Waals surface area contributed by atoms with Crippen molar-refractivity contribution in [3.63, 3.8) is 0 Å². The highest BCUT2D eigenvalue weighted by molar-refractivity contribution is 5.38. The van der Waals surface area contributed by atoms with Crippen LogP contribution >= 0.6 is 0 Å². The minimum Gasteiger partial charge on any atom is -0.472 e. The van der Waals surface area contributed by atoms with Crippen molar-refractivity contribution in [2.75, 3.05) is 19.7 Å². The first-order valence-electron chi connectivity index (χ1n) is 5.79. The van der Waals surface area contributed by atoms with Gasteiger partial charge in [-0.15, -0.1) is 5.10 Å². The Bertz CT molecular complexity index is 398. The molecular formula is C10H16N4O3. The maximum atomic E-state index is 10.9. The van der Waals surface area contributed by atoms with Crippen molar-refractivity contribution in [1.29, 1.82) is 0 Å². The molecule has 1 saturated heterocycles. The zero-order valence-electron chi connectivity index (χ0n) is 9.76. The fourth-order valence-corrected chi connectivity index (χ4v) is 1.99. The van der Waals surface area contributed by atoms with Crippen molar-refractivity contribution in [2.24, 2.45) is 0 Å². The van der Waals surface area contributed by atoms with E-state index in [2.05, 4.69) is 10.4 Å². The number of ether oxygens (including phenoxy) is 1. The smallest absolute Gasteiger partial charge is 0.350 e. The molecule has 0 radical (unpaired) electrons. The van der Waals surface area contributed by atoms with Gasteiger partial charge in [-0.25, -0.2) is 0 Å². The van der Waals surface area contributed by atoms with Crippen LogP contribution in [0.3, 0.4) is 0 Å². The number of nitrogens with zero attached hydrogens (tertiary/aromatic N) is 3. The molecule has 7 nitrogen and oxygen atoms in total. The number of nitrogens with one attached hydrogen (secondary N) is 1. The largest absolute Gasteiger partial charge is 0.472 e. The third-order valence-corrected chi connectivity index (χ3v) is 2.84. The van der Waals surface area contributed by atoms with Crippen LogP contribution in [0.5, 0.6) is 5.88 Å². The quantitative estimate of drug-likeness (QED) is 0.629. The van der Waals surface area contributed by atoms with Gasteiger partial charge in [-0.1, -0.05) is 0 Å². The molecule has 1 aromatic heterocycles. The molecule has 1 aliphatic heterocycles. The summed E-state index contributed by atoms with van der Waals surface area (Å²) >= 11 is 0. The molecule has 1 fully saturated rings. The molecule has 1 aromatic rings. The Hall–Kier alpha value is -1.63. The van der Waals surface area contributed by atoms with Gasteiger partial charge >= 0.3 is 11.6 Å². The Morgan fingerprint density at radius 1 is 1.65 bits per heavy atom. The summed E-state index contributed by atoms with van der Waals surface area (Å²) in [6.45, 7) is 4.00. The highest BCUT2D eigenvalue weighted by Crippen LogP contribution is 2.28. The summed E-state index contributed by atoms with van der Waals surface area (Å²) in [4.78, 5) is 10.4. The SMILES string of the molecule is CCOc1nn(C2CCNCC2)cc1[N+](=O)[O-]. The summed E-state index contributed by atoms with van der Waals surface area (Å²) in [6.07, 6.45) is 3.34. The third kappa shape index (κ3) is 2.55. The van der Waals surface area contributed by atoms with Crippen molar-refractivity contribution >= 4 is 5.69 Å². The summed E-state index contributed by atoms with van der Waals surface area (Å²) in [7, 11) is 0. The fourth-order valence-electron chi connectivity index (χ4n) is 1.99. The van der Waals surface area contributed by atoms with Gasteiger partial charge in [0.15, 0.2) is 0 Å². The van der Waals surface area contributed by atoms with E-state index < -0.39 is 4.92 Å². The highest BCUT2D eigenvalue weighted by Gasteiger charge is 2.25. The van der Waals surface area contributed by atoms with Gasteiger partial charge < -0.3 is 10.1 Å². The van der Waals surface area contributed by atoms with Gasteiger partial charge in [0.1, 0.15) is 6.20 Å².